The third kappa shape index (κ3) is 4.23. The summed E-state index contributed by atoms with van der Waals surface area (Å²) in [7, 11) is 1.62. The first-order chi connectivity index (χ1) is 15.2. The van der Waals surface area contributed by atoms with Gasteiger partial charge in [0.1, 0.15) is 22.1 Å². The van der Waals surface area contributed by atoms with Gasteiger partial charge < -0.3 is 4.74 Å². The number of benzene rings is 2. The second kappa shape index (κ2) is 8.78. The predicted molar refractivity (Wildman–Crippen MR) is 134 cm³/mol. The number of carbonyl (C=O) groups is 1. The minimum Gasteiger partial charge on any atom is -0.497 e. The molecule has 0 unspecified atom stereocenters. The molecule has 168 valence electrons. The summed E-state index contributed by atoms with van der Waals surface area (Å²) in [5.41, 5.74) is 3.12. The van der Waals surface area contributed by atoms with Crippen LogP contribution in [0.2, 0.25) is 0 Å². The van der Waals surface area contributed by atoms with Gasteiger partial charge in [-0.05, 0) is 60.9 Å². The van der Waals surface area contributed by atoms with Gasteiger partial charge in [0.15, 0.2) is 0 Å². The first-order valence-electron chi connectivity index (χ1n) is 11.5. The molecule has 0 aromatic heterocycles. The fourth-order valence-electron chi connectivity index (χ4n) is 4.69. The van der Waals surface area contributed by atoms with Crippen molar-refractivity contribution in [2.24, 2.45) is 4.99 Å². The van der Waals surface area contributed by atoms with E-state index in [0.29, 0.717) is 10.6 Å². The largest absolute Gasteiger partial charge is 0.497 e. The Morgan fingerprint density at radius 1 is 0.969 bits per heavy atom. The number of hydrogen-bond donors (Lipinski definition) is 0. The standard InChI is InChI=1S/C27H32N2O2S/c1-26(2,3)21-13-9-19(10-14-21)23-25(32)29(27(28-23)17-7-5-6-8-18-27)24(30)20-11-15-22(31-4)16-12-20/h9-16H,5-8,17-18H2,1-4H3. The third-order valence-corrected chi connectivity index (χ3v) is 6.99. The van der Waals surface area contributed by atoms with E-state index in [2.05, 4.69) is 45.0 Å². The average Bonchev–Trinajstić information content (AvgIpc) is 2.91. The molecule has 0 bridgehead atoms. The van der Waals surface area contributed by atoms with Gasteiger partial charge in [0, 0.05) is 11.1 Å². The van der Waals surface area contributed by atoms with Crippen molar-refractivity contribution in [1.29, 1.82) is 0 Å². The van der Waals surface area contributed by atoms with Gasteiger partial charge in [-0.3, -0.25) is 14.7 Å². The monoisotopic (exact) mass is 448 g/mol. The summed E-state index contributed by atoms with van der Waals surface area (Å²) in [6.07, 6.45) is 6.13. The number of aliphatic imine (C=N–C) groups is 1. The molecular formula is C27H32N2O2S. The van der Waals surface area contributed by atoms with E-state index in [1.54, 1.807) is 7.11 Å². The SMILES string of the molecule is COc1ccc(C(=O)N2C(=S)C(c3ccc(C(C)(C)C)cc3)=NC23CCCCCC3)cc1. The Labute approximate surface area is 196 Å². The topological polar surface area (TPSA) is 41.9 Å². The molecule has 1 heterocycles. The lowest BCUT2D eigenvalue weighted by atomic mass is 9.86. The Balaban J connectivity index is 1.73. The molecule has 5 heteroatoms. The first-order valence-corrected chi connectivity index (χ1v) is 11.9. The zero-order chi connectivity index (χ0) is 22.9. The fourth-order valence-corrected chi connectivity index (χ4v) is 5.11. The Kier molecular flexibility index (Phi) is 6.22. The quantitative estimate of drug-likeness (QED) is 0.516. The average molecular weight is 449 g/mol. The second-order valence-corrected chi connectivity index (χ2v) is 10.2. The van der Waals surface area contributed by atoms with Crippen LogP contribution in [0, 0.1) is 0 Å². The van der Waals surface area contributed by atoms with Crippen LogP contribution < -0.4 is 4.74 Å². The van der Waals surface area contributed by atoms with E-state index in [-0.39, 0.29) is 11.3 Å². The molecule has 0 atom stereocenters. The number of methoxy groups -OCH3 is 1. The van der Waals surface area contributed by atoms with Gasteiger partial charge in [-0.15, -0.1) is 0 Å². The summed E-state index contributed by atoms with van der Waals surface area (Å²) >= 11 is 5.92. The molecule has 0 saturated heterocycles. The van der Waals surface area contributed by atoms with E-state index in [1.807, 2.05) is 29.2 Å². The van der Waals surface area contributed by atoms with Crippen molar-refractivity contribution in [2.75, 3.05) is 7.11 Å². The van der Waals surface area contributed by atoms with Crippen molar-refractivity contribution in [3.63, 3.8) is 0 Å². The maximum absolute atomic E-state index is 13.7. The highest BCUT2D eigenvalue weighted by atomic mass is 32.1. The highest BCUT2D eigenvalue weighted by Crippen LogP contribution is 2.40. The normalized spacial score (nSPS) is 18.4. The number of thiocarbonyl (C=S) groups is 1. The highest BCUT2D eigenvalue weighted by Gasteiger charge is 2.48. The number of amides is 1. The molecule has 4 nitrogen and oxygen atoms in total. The summed E-state index contributed by atoms with van der Waals surface area (Å²) in [5, 5.41) is 0. The van der Waals surface area contributed by atoms with Gasteiger partial charge in [0.25, 0.3) is 5.91 Å². The van der Waals surface area contributed by atoms with Crippen molar-refractivity contribution in [2.45, 2.75) is 70.4 Å². The second-order valence-electron chi connectivity index (χ2n) is 9.86. The lowest BCUT2D eigenvalue weighted by Crippen LogP contribution is -2.49. The molecule has 1 saturated carbocycles. The van der Waals surface area contributed by atoms with Gasteiger partial charge in [-0.2, -0.15) is 0 Å². The Morgan fingerprint density at radius 3 is 2.09 bits per heavy atom. The van der Waals surface area contributed by atoms with E-state index in [1.165, 1.54) is 18.4 Å². The molecule has 2 aromatic carbocycles. The maximum Gasteiger partial charge on any atom is 0.260 e. The molecule has 4 rings (SSSR count). The third-order valence-electron chi connectivity index (χ3n) is 6.61. The Hall–Kier alpha value is -2.53. The molecule has 2 aliphatic rings. The predicted octanol–water partition coefficient (Wildman–Crippen LogP) is 6.32. The molecule has 1 aliphatic heterocycles. The van der Waals surface area contributed by atoms with E-state index in [0.717, 1.165) is 42.7 Å². The lowest BCUT2D eigenvalue weighted by Gasteiger charge is -2.35. The molecule has 32 heavy (non-hydrogen) atoms. The van der Waals surface area contributed by atoms with Crippen LogP contribution in [0.5, 0.6) is 5.75 Å². The zero-order valence-electron chi connectivity index (χ0n) is 19.5. The van der Waals surface area contributed by atoms with Gasteiger partial charge in [0.2, 0.25) is 0 Å². The smallest absolute Gasteiger partial charge is 0.260 e. The van der Waals surface area contributed by atoms with Crippen LogP contribution in [-0.2, 0) is 5.41 Å². The van der Waals surface area contributed by atoms with Crippen LogP contribution in [0.25, 0.3) is 0 Å². The van der Waals surface area contributed by atoms with E-state index in [4.69, 9.17) is 21.9 Å². The van der Waals surface area contributed by atoms with Gasteiger partial charge >= 0.3 is 0 Å². The molecular weight excluding hydrogens is 416 g/mol. The maximum atomic E-state index is 13.7. The van der Waals surface area contributed by atoms with Gasteiger partial charge in [-0.1, -0.05) is 70.1 Å². The van der Waals surface area contributed by atoms with Crippen LogP contribution in [0.3, 0.4) is 0 Å². The zero-order valence-corrected chi connectivity index (χ0v) is 20.3. The van der Waals surface area contributed by atoms with E-state index in [9.17, 15) is 4.79 Å². The van der Waals surface area contributed by atoms with Crippen molar-refractivity contribution in [1.82, 2.24) is 4.90 Å². The Morgan fingerprint density at radius 2 is 1.56 bits per heavy atom. The molecule has 0 N–H and O–H groups in total. The van der Waals surface area contributed by atoms with Crippen molar-refractivity contribution < 1.29 is 9.53 Å². The minimum absolute atomic E-state index is 0.0788. The fraction of sp³-hybridized carbons (Fsp3) is 0.444. The van der Waals surface area contributed by atoms with Crippen LogP contribution in [0.15, 0.2) is 53.5 Å². The summed E-state index contributed by atoms with van der Waals surface area (Å²) in [4.78, 5) is 21.3. The molecule has 2 aromatic rings. The van der Waals surface area contributed by atoms with Crippen molar-refractivity contribution in [3.05, 3.63) is 65.2 Å². The number of nitrogens with zero attached hydrogens (tertiary/aromatic N) is 2. The number of ether oxygens (including phenoxy) is 1. The van der Waals surface area contributed by atoms with E-state index >= 15 is 0 Å². The van der Waals surface area contributed by atoms with Crippen molar-refractivity contribution in [3.8, 4) is 5.75 Å². The van der Waals surface area contributed by atoms with Crippen LogP contribution in [-0.4, -0.2) is 34.3 Å². The molecule has 1 amide bonds. The first kappa shape index (κ1) is 22.7. The van der Waals surface area contributed by atoms with Crippen LogP contribution >= 0.6 is 12.2 Å². The summed E-state index contributed by atoms with van der Waals surface area (Å²) in [5.74, 6) is 0.648. The van der Waals surface area contributed by atoms with Crippen LogP contribution in [0.4, 0.5) is 0 Å². The number of carbonyl (C=O) groups excluding carboxylic acids is 1. The molecule has 1 aliphatic carbocycles. The van der Waals surface area contributed by atoms with Crippen LogP contribution in [0.1, 0.15) is 80.8 Å². The van der Waals surface area contributed by atoms with Crippen molar-refractivity contribution >= 4 is 28.8 Å². The number of hydrogen-bond acceptors (Lipinski definition) is 4. The molecule has 0 radical (unpaired) electrons. The highest BCUT2D eigenvalue weighted by molar-refractivity contribution is 7.82. The van der Waals surface area contributed by atoms with E-state index < -0.39 is 5.66 Å². The minimum atomic E-state index is -0.581. The van der Waals surface area contributed by atoms with Gasteiger partial charge in [0.05, 0.1) is 7.11 Å². The lowest BCUT2D eigenvalue weighted by molar-refractivity contribution is 0.0692. The summed E-state index contributed by atoms with van der Waals surface area (Å²) in [6.45, 7) is 6.61. The van der Waals surface area contributed by atoms with Gasteiger partial charge in [-0.25, -0.2) is 0 Å². The summed E-state index contributed by atoms with van der Waals surface area (Å²) in [6, 6.07) is 15.7. The molecule has 1 spiro atoms. The summed E-state index contributed by atoms with van der Waals surface area (Å²) < 4.78 is 5.26. The number of rotatable bonds is 3. The molecule has 1 fully saturated rings. The Bertz CT molecular complexity index is 1020.